The summed E-state index contributed by atoms with van der Waals surface area (Å²) in [4.78, 5) is 29.1. The third kappa shape index (κ3) is 6.42. The molecule has 11 heteroatoms. The number of likely N-dealkylation sites (tertiary alicyclic amines) is 1. The topological polar surface area (TPSA) is 169 Å². The summed E-state index contributed by atoms with van der Waals surface area (Å²) in [7, 11) is -4.07. The molecule has 1 heterocycles. The van der Waals surface area contributed by atoms with Crippen LogP contribution in [-0.4, -0.2) is 62.2 Å². The molecule has 2 aromatic rings. The summed E-state index contributed by atoms with van der Waals surface area (Å²) in [5, 5.41) is 12.1. The van der Waals surface area contributed by atoms with Gasteiger partial charge in [0.2, 0.25) is 15.9 Å². The number of nitrogens with one attached hydrogen (secondary N) is 4. The van der Waals surface area contributed by atoms with Gasteiger partial charge < -0.3 is 16.0 Å². The summed E-state index contributed by atoms with van der Waals surface area (Å²) in [5.41, 5.74) is 12.7. The molecule has 1 radical (unpaired) electrons. The lowest BCUT2D eigenvalue weighted by Crippen LogP contribution is -2.64. The smallest absolute Gasteiger partial charge is 0.249 e. The van der Waals surface area contributed by atoms with Crippen LogP contribution in [0.2, 0.25) is 0 Å². The Hall–Kier alpha value is -3.02. The molecule has 2 unspecified atom stereocenters. The van der Waals surface area contributed by atoms with E-state index in [-0.39, 0.29) is 16.8 Å². The first-order chi connectivity index (χ1) is 18.5. The van der Waals surface area contributed by atoms with E-state index in [1.807, 2.05) is 24.3 Å². The molecule has 0 bridgehead atoms. The van der Waals surface area contributed by atoms with Crippen molar-refractivity contribution in [3.63, 3.8) is 0 Å². The number of benzene rings is 2. The Morgan fingerprint density at radius 3 is 2.33 bits per heavy atom. The molecule has 6 N–H and O–H groups in total. The van der Waals surface area contributed by atoms with Crippen LogP contribution in [0, 0.1) is 17.2 Å². The summed E-state index contributed by atoms with van der Waals surface area (Å²) >= 11 is 0. The van der Waals surface area contributed by atoms with Gasteiger partial charge in [-0.1, -0.05) is 49.6 Å². The average molecular weight is 556 g/mol. The highest BCUT2D eigenvalue weighted by Gasteiger charge is 2.51. The molecule has 4 rings (SSSR count). The number of hydrogen-bond donors (Lipinski definition) is 4. The monoisotopic (exact) mass is 555 g/mol. The van der Waals surface area contributed by atoms with Gasteiger partial charge in [0.15, 0.2) is 17.3 Å². The first-order valence-electron chi connectivity index (χ1n) is 13.7. The number of amides is 1. The number of ketones is 1. The van der Waals surface area contributed by atoms with Crippen LogP contribution < -0.4 is 21.5 Å². The summed E-state index contributed by atoms with van der Waals surface area (Å²) < 4.78 is 28.9. The molecule has 2 fully saturated rings. The lowest BCUT2D eigenvalue weighted by molar-refractivity contribution is -0.140. The quantitative estimate of drug-likeness (QED) is 0.210. The van der Waals surface area contributed by atoms with E-state index < -0.39 is 39.2 Å². The van der Waals surface area contributed by atoms with E-state index in [0.29, 0.717) is 32.5 Å². The number of rotatable bonds is 9. The number of hydrogen-bond acceptors (Lipinski definition) is 5. The first-order valence-corrected chi connectivity index (χ1v) is 15.2. The zero-order valence-electron chi connectivity index (χ0n) is 22.4. The Kier molecular flexibility index (Phi) is 8.93. The van der Waals surface area contributed by atoms with E-state index in [2.05, 4.69) is 10.0 Å². The SMILES string of the molecule is CC(NS(=O)(=O)c1ccc2ccccc2c1)C(=O)C([NH])(C(=O)NCC1CCN(C(=N)N)CC1)C1CCCCC1. The highest BCUT2D eigenvalue weighted by molar-refractivity contribution is 7.89. The molecule has 0 spiro atoms. The van der Waals surface area contributed by atoms with Crippen LogP contribution in [0.25, 0.3) is 10.8 Å². The van der Waals surface area contributed by atoms with Crippen LogP contribution in [-0.2, 0) is 19.6 Å². The third-order valence-corrected chi connectivity index (χ3v) is 9.77. The molecule has 1 saturated carbocycles. The highest BCUT2D eigenvalue weighted by Crippen LogP contribution is 2.34. The van der Waals surface area contributed by atoms with Crippen molar-refractivity contribution in [3.8, 4) is 0 Å². The van der Waals surface area contributed by atoms with Crippen LogP contribution in [0.1, 0.15) is 51.9 Å². The van der Waals surface area contributed by atoms with Gasteiger partial charge in [-0.3, -0.25) is 15.0 Å². The number of nitrogens with two attached hydrogens (primary N) is 1. The number of carbonyl (C=O) groups excluding carboxylic acids is 2. The molecule has 1 saturated heterocycles. The average Bonchev–Trinajstić information content (AvgIpc) is 2.95. The Morgan fingerprint density at radius 2 is 1.69 bits per heavy atom. The minimum absolute atomic E-state index is 0.0236. The van der Waals surface area contributed by atoms with Crippen molar-refractivity contribution in [1.82, 2.24) is 20.7 Å². The lowest BCUT2D eigenvalue weighted by Gasteiger charge is -2.38. The molecule has 39 heavy (non-hydrogen) atoms. The van der Waals surface area contributed by atoms with E-state index in [1.54, 1.807) is 17.0 Å². The van der Waals surface area contributed by atoms with Gasteiger partial charge in [0.05, 0.1) is 10.9 Å². The lowest BCUT2D eigenvalue weighted by atomic mass is 9.71. The van der Waals surface area contributed by atoms with Gasteiger partial charge in [0, 0.05) is 19.6 Å². The van der Waals surface area contributed by atoms with Crippen molar-refractivity contribution in [2.75, 3.05) is 19.6 Å². The van der Waals surface area contributed by atoms with Crippen LogP contribution in [0.15, 0.2) is 47.4 Å². The van der Waals surface area contributed by atoms with E-state index in [0.717, 1.165) is 42.9 Å². The van der Waals surface area contributed by atoms with E-state index in [4.69, 9.17) is 11.1 Å². The zero-order chi connectivity index (χ0) is 28.2. The van der Waals surface area contributed by atoms with Gasteiger partial charge >= 0.3 is 0 Å². The highest BCUT2D eigenvalue weighted by atomic mass is 32.2. The van der Waals surface area contributed by atoms with Gasteiger partial charge in [0.25, 0.3) is 0 Å². The summed E-state index contributed by atoms with van der Waals surface area (Å²) in [5.74, 6) is -1.69. The minimum atomic E-state index is -4.07. The fourth-order valence-electron chi connectivity index (χ4n) is 5.82. The Morgan fingerprint density at radius 1 is 1.05 bits per heavy atom. The largest absolute Gasteiger partial charge is 0.370 e. The summed E-state index contributed by atoms with van der Waals surface area (Å²) in [6, 6.07) is 10.9. The van der Waals surface area contributed by atoms with Crippen molar-refractivity contribution < 1.29 is 18.0 Å². The molecule has 2 aliphatic rings. The second-order valence-corrected chi connectivity index (χ2v) is 12.6. The molecule has 0 aromatic heterocycles. The van der Waals surface area contributed by atoms with Gasteiger partial charge in [0.1, 0.15) is 0 Å². The van der Waals surface area contributed by atoms with Crippen molar-refractivity contribution in [3.05, 3.63) is 42.5 Å². The molecular formula is C28H39N6O4S. The molecule has 211 valence electrons. The Bertz CT molecular complexity index is 1320. The van der Waals surface area contributed by atoms with Crippen molar-refractivity contribution in [2.24, 2.45) is 17.6 Å². The number of piperidine rings is 1. The van der Waals surface area contributed by atoms with Crippen molar-refractivity contribution in [1.29, 1.82) is 5.41 Å². The van der Waals surface area contributed by atoms with Gasteiger partial charge in [-0.15, -0.1) is 0 Å². The predicted octanol–water partition coefficient (Wildman–Crippen LogP) is 2.40. The number of carbonyl (C=O) groups is 2. The Balaban J connectivity index is 1.49. The van der Waals surface area contributed by atoms with E-state index >= 15 is 0 Å². The fourth-order valence-corrected chi connectivity index (χ4v) is 7.06. The predicted molar refractivity (Wildman–Crippen MR) is 150 cm³/mol. The molecule has 2 aromatic carbocycles. The number of sulfonamides is 1. The van der Waals surface area contributed by atoms with E-state index in [1.165, 1.54) is 13.0 Å². The first kappa shape index (κ1) is 29.0. The number of fused-ring (bicyclic) bond motifs is 1. The van der Waals surface area contributed by atoms with Crippen LogP contribution in [0.5, 0.6) is 0 Å². The van der Waals surface area contributed by atoms with Gasteiger partial charge in [-0.2, -0.15) is 0 Å². The summed E-state index contributed by atoms with van der Waals surface area (Å²) in [6.07, 6.45) is 5.27. The maximum atomic E-state index is 13.8. The fraction of sp³-hybridized carbons (Fsp3) is 0.536. The molecule has 1 aliphatic heterocycles. The van der Waals surface area contributed by atoms with E-state index in [9.17, 15) is 23.7 Å². The van der Waals surface area contributed by atoms with Crippen LogP contribution >= 0.6 is 0 Å². The molecule has 1 aliphatic carbocycles. The maximum Gasteiger partial charge on any atom is 0.249 e. The second kappa shape index (κ2) is 12.0. The minimum Gasteiger partial charge on any atom is -0.370 e. The third-order valence-electron chi connectivity index (χ3n) is 8.23. The van der Waals surface area contributed by atoms with Crippen molar-refractivity contribution in [2.45, 2.75) is 68.3 Å². The van der Waals surface area contributed by atoms with Gasteiger partial charge in [-0.05, 0) is 67.3 Å². The Labute approximate surface area is 230 Å². The maximum absolute atomic E-state index is 13.8. The molecule has 10 nitrogen and oxygen atoms in total. The number of nitrogens with zero attached hydrogens (tertiary/aromatic N) is 1. The zero-order valence-corrected chi connectivity index (χ0v) is 23.2. The second-order valence-electron chi connectivity index (χ2n) is 10.9. The number of guanidine groups is 1. The summed E-state index contributed by atoms with van der Waals surface area (Å²) in [6.45, 7) is 2.98. The standard InChI is InChI=1S/C28H39N6O4S/c1-19(33-39(37,38)24-12-11-21-7-5-6-8-22(21)17-24)25(35)28(31,23-9-3-2-4-10-23)26(36)32-18-20-13-15-34(16-14-20)27(29)30/h5-8,11-12,17,19-20,23,31,33H,2-4,9-10,13-16,18H2,1H3,(H3,29,30)(H,32,36). The molecular weight excluding hydrogens is 516 g/mol. The molecule has 1 amide bonds. The van der Waals surface area contributed by atoms with Crippen molar-refractivity contribution >= 4 is 38.4 Å². The van der Waals surface area contributed by atoms with Crippen LogP contribution in [0.4, 0.5) is 0 Å². The molecule has 2 atom stereocenters. The number of Topliss-reactive ketones (excluding diaryl/α,β-unsaturated/α-hetero) is 1. The van der Waals surface area contributed by atoms with Gasteiger partial charge in [-0.25, -0.2) is 18.9 Å². The normalized spacial score (nSPS) is 19.8. The van der Waals surface area contributed by atoms with Crippen LogP contribution in [0.3, 0.4) is 0 Å².